The first-order chi connectivity index (χ1) is 15.1. The number of likely N-dealkylation sites (N-methyl/N-ethyl adjacent to an activating group) is 1. The monoisotopic (exact) mass is 555 g/mol. The van der Waals surface area contributed by atoms with Crippen LogP contribution in [0.15, 0.2) is 47.5 Å². The lowest BCUT2D eigenvalue weighted by atomic mass is 10.1. The van der Waals surface area contributed by atoms with Crippen LogP contribution in [0.5, 0.6) is 5.75 Å². The average molecular weight is 555 g/mol. The quantitative estimate of drug-likeness (QED) is 0.295. The van der Waals surface area contributed by atoms with Crippen LogP contribution in [0.1, 0.15) is 25.0 Å². The summed E-state index contributed by atoms with van der Waals surface area (Å²) in [5.41, 5.74) is 2.65. The molecule has 0 aromatic heterocycles. The summed E-state index contributed by atoms with van der Waals surface area (Å²) in [7, 11) is 1.66. The fourth-order valence-corrected chi connectivity index (χ4v) is 3.69. The maximum Gasteiger partial charge on any atom is 0.191 e. The van der Waals surface area contributed by atoms with Crippen LogP contribution in [0, 0.1) is 5.82 Å². The van der Waals surface area contributed by atoms with E-state index in [4.69, 9.17) is 4.74 Å². The Balaban J connectivity index is 0.00000363. The highest BCUT2D eigenvalue weighted by atomic mass is 127. The van der Waals surface area contributed by atoms with Crippen molar-refractivity contribution in [2.45, 2.75) is 26.9 Å². The summed E-state index contributed by atoms with van der Waals surface area (Å²) in [5, 5.41) is 6.54. The molecule has 1 aliphatic heterocycles. The van der Waals surface area contributed by atoms with Crippen molar-refractivity contribution in [3.8, 4) is 5.75 Å². The fraction of sp³-hybridized carbons (Fsp3) is 0.458. The molecule has 176 valence electrons. The third kappa shape index (κ3) is 7.51. The second-order valence-corrected chi connectivity index (χ2v) is 7.61. The standard InChI is InChI=1S/C24H34FN5O.HI/c1-4-26-24(27-17-19-7-6-8-21(15-19)31-3)28-18-20-9-10-23(22(25)16-20)30-13-11-29(5-2)12-14-30;/h6-10,15-16H,4-5,11-14,17-18H2,1-3H3,(H2,26,27,28);1H. The number of hydrogen-bond donors (Lipinski definition) is 2. The predicted octanol–water partition coefficient (Wildman–Crippen LogP) is 3.85. The molecule has 0 saturated carbocycles. The highest BCUT2D eigenvalue weighted by Gasteiger charge is 2.18. The van der Waals surface area contributed by atoms with Gasteiger partial charge < -0.3 is 25.2 Å². The Labute approximate surface area is 208 Å². The van der Waals surface area contributed by atoms with E-state index in [9.17, 15) is 4.39 Å². The van der Waals surface area contributed by atoms with E-state index in [1.807, 2.05) is 43.3 Å². The van der Waals surface area contributed by atoms with Crippen LogP contribution in [0.4, 0.5) is 10.1 Å². The lowest BCUT2D eigenvalue weighted by Crippen LogP contribution is -2.46. The smallest absolute Gasteiger partial charge is 0.191 e. The van der Waals surface area contributed by atoms with Gasteiger partial charge in [0.15, 0.2) is 5.96 Å². The van der Waals surface area contributed by atoms with E-state index in [1.165, 1.54) is 0 Å². The van der Waals surface area contributed by atoms with Crippen LogP contribution in [0.3, 0.4) is 0 Å². The summed E-state index contributed by atoms with van der Waals surface area (Å²) in [5.74, 6) is 1.35. The van der Waals surface area contributed by atoms with Gasteiger partial charge in [0, 0.05) is 39.3 Å². The lowest BCUT2D eigenvalue weighted by molar-refractivity contribution is 0.270. The number of hydrogen-bond acceptors (Lipinski definition) is 4. The fourth-order valence-electron chi connectivity index (χ4n) is 3.69. The zero-order valence-electron chi connectivity index (χ0n) is 19.2. The van der Waals surface area contributed by atoms with Crippen LogP contribution in [-0.4, -0.2) is 57.2 Å². The molecule has 0 bridgehead atoms. The molecule has 1 fully saturated rings. The number of aliphatic imine (C=N–C) groups is 1. The van der Waals surface area contributed by atoms with E-state index in [-0.39, 0.29) is 29.8 Å². The van der Waals surface area contributed by atoms with Crippen molar-refractivity contribution in [2.24, 2.45) is 4.99 Å². The van der Waals surface area contributed by atoms with Gasteiger partial charge in [0.05, 0.1) is 19.3 Å². The molecule has 2 N–H and O–H groups in total. The number of piperazine rings is 1. The molecule has 0 amide bonds. The number of methoxy groups -OCH3 is 1. The van der Waals surface area contributed by atoms with Crippen LogP contribution in [0.2, 0.25) is 0 Å². The Morgan fingerprint density at radius 3 is 2.47 bits per heavy atom. The molecule has 1 saturated heterocycles. The van der Waals surface area contributed by atoms with Gasteiger partial charge in [-0.25, -0.2) is 9.38 Å². The van der Waals surface area contributed by atoms with Crippen molar-refractivity contribution in [3.05, 3.63) is 59.4 Å². The number of ether oxygens (including phenoxy) is 1. The number of anilines is 1. The molecule has 0 radical (unpaired) electrons. The van der Waals surface area contributed by atoms with Gasteiger partial charge in [-0.3, -0.25) is 0 Å². The molecule has 6 nitrogen and oxygen atoms in total. The van der Waals surface area contributed by atoms with Gasteiger partial charge in [0.1, 0.15) is 11.6 Å². The van der Waals surface area contributed by atoms with E-state index in [2.05, 4.69) is 32.3 Å². The van der Waals surface area contributed by atoms with Gasteiger partial charge in [-0.15, -0.1) is 24.0 Å². The number of benzene rings is 2. The molecular formula is C24H35FIN5O. The first-order valence-corrected chi connectivity index (χ1v) is 11.0. The van der Waals surface area contributed by atoms with Crippen LogP contribution >= 0.6 is 24.0 Å². The lowest BCUT2D eigenvalue weighted by Gasteiger charge is -2.35. The third-order valence-corrected chi connectivity index (χ3v) is 5.53. The number of nitrogens with zero attached hydrogens (tertiary/aromatic N) is 3. The topological polar surface area (TPSA) is 52.1 Å². The molecule has 0 unspecified atom stereocenters. The molecule has 0 atom stereocenters. The predicted molar refractivity (Wildman–Crippen MR) is 141 cm³/mol. The highest BCUT2D eigenvalue weighted by molar-refractivity contribution is 14.0. The summed E-state index contributed by atoms with van der Waals surface area (Å²) >= 11 is 0. The molecule has 2 aromatic rings. The van der Waals surface area contributed by atoms with Gasteiger partial charge in [-0.2, -0.15) is 0 Å². The maximum absolute atomic E-state index is 14.8. The van der Waals surface area contributed by atoms with Crippen molar-refractivity contribution < 1.29 is 9.13 Å². The molecular weight excluding hydrogens is 520 g/mol. The van der Waals surface area contributed by atoms with Crippen molar-refractivity contribution in [1.82, 2.24) is 15.5 Å². The summed E-state index contributed by atoms with van der Waals surface area (Å²) < 4.78 is 20.1. The van der Waals surface area contributed by atoms with E-state index in [1.54, 1.807) is 13.2 Å². The number of guanidine groups is 1. The second kappa shape index (κ2) is 13.5. The van der Waals surface area contributed by atoms with E-state index in [0.717, 1.165) is 56.1 Å². The summed E-state index contributed by atoms with van der Waals surface area (Å²) in [6, 6.07) is 13.4. The normalized spacial score (nSPS) is 14.6. The third-order valence-electron chi connectivity index (χ3n) is 5.53. The minimum Gasteiger partial charge on any atom is -0.497 e. The summed E-state index contributed by atoms with van der Waals surface area (Å²) in [6.45, 7) is 10.7. The SMILES string of the molecule is CCNC(=NCc1cccc(OC)c1)NCc1ccc(N2CCN(CC)CC2)c(F)c1.I. The Morgan fingerprint density at radius 2 is 1.81 bits per heavy atom. The largest absolute Gasteiger partial charge is 0.497 e. The first kappa shape index (κ1) is 26.2. The molecule has 1 aliphatic rings. The number of rotatable bonds is 8. The van der Waals surface area contributed by atoms with Gasteiger partial charge in [-0.05, 0) is 48.9 Å². The molecule has 32 heavy (non-hydrogen) atoms. The van der Waals surface area contributed by atoms with Gasteiger partial charge in [0.2, 0.25) is 0 Å². The molecule has 1 heterocycles. The van der Waals surface area contributed by atoms with Crippen molar-refractivity contribution >= 4 is 35.6 Å². The second-order valence-electron chi connectivity index (χ2n) is 7.61. The van der Waals surface area contributed by atoms with E-state index in [0.29, 0.717) is 24.7 Å². The summed E-state index contributed by atoms with van der Waals surface area (Å²) in [6.07, 6.45) is 0. The minimum absolute atomic E-state index is 0. The van der Waals surface area contributed by atoms with Gasteiger partial charge in [0.25, 0.3) is 0 Å². The molecule has 0 aliphatic carbocycles. The number of halogens is 2. The first-order valence-electron chi connectivity index (χ1n) is 11.0. The van der Waals surface area contributed by atoms with Crippen LogP contribution in [0.25, 0.3) is 0 Å². The van der Waals surface area contributed by atoms with Crippen molar-refractivity contribution in [2.75, 3.05) is 51.3 Å². The van der Waals surface area contributed by atoms with E-state index < -0.39 is 0 Å². The zero-order valence-corrected chi connectivity index (χ0v) is 21.6. The Bertz CT molecular complexity index is 871. The molecule has 0 spiro atoms. The van der Waals surface area contributed by atoms with Crippen molar-refractivity contribution in [1.29, 1.82) is 0 Å². The van der Waals surface area contributed by atoms with E-state index >= 15 is 0 Å². The number of nitrogens with one attached hydrogen (secondary N) is 2. The maximum atomic E-state index is 14.8. The Hall–Kier alpha value is -2.07. The zero-order chi connectivity index (χ0) is 22.1. The minimum atomic E-state index is -0.164. The average Bonchev–Trinajstić information content (AvgIpc) is 2.81. The highest BCUT2D eigenvalue weighted by Crippen LogP contribution is 2.22. The van der Waals surface area contributed by atoms with Gasteiger partial charge >= 0.3 is 0 Å². The Morgan fingerprint density at radius 1 is 1.03 bits per heavy atom. The molecule has 8 heteroatoms. The van der Waals surface area contributed by atoms with Gasteiger partial charge in [-0.1, -0.05) is 25.1 Å². The van der Waals surface area contributed by atoms with Crippen molar-refractivity contribution in [3.63, 3.8) is 0 Å². The molecule has 3 rings (SSSR count). The van der Waals surface area contributed by atoms with Crippen LogP contribution < -0.4 is 20.3 Å². The molecule has 2 aromatic carbocycles. The summed E-state index contributed by atoms with van der Waals surface area (Å²) in [4.78, 5) is 9.16. The van der Waals surface area contributed by atoms with Crippen LogP contribution in [-0.2, 0) is 13.1 Å². The Kier molecular flexibility index (Phi) is 11.0.